The zero-order chi connectivity index (χ0) is 18.1. The molecule has 0 aliphatic rings. The topological polar surface area (TPSA) is 18.5 Å². The Morgan fingerprint density at radius 3 is 2.32 bits per heavy atom. The van der Waals surface area contributed by atoms with Crippen molar-refractivity contribution in [3.05, 3.63) is 65.2 Å². The van der Waals surface area contributed by atoms with E-state index < -0.39 is 0 Å². The highest BCUT2D eigenvalue weighted by molar-refractivity contribution is 7.81. The highest BCUT2D eigenvalue weighted by Gasteiger charge is 2.09. The van der Waals surface area contributed by atoms with Gasteiger partial charge in [-0.05, 0) is 49.6 Å². The number of benzene rings is 2. The molecule has 0 aliphatic heterocycles. The molecule has 0 atom stereocenters. The molecule has 3 heteroatoms. The van der Waals surface area contributed by atoms with Crippen LogP contribution in [0.2, 0.25) is 0 Å². The molecule has 0 spiro atoms. The van der Waals surface area contributed by atoms with Gasteiger partial charge in [0.2, 0.25) is 0 Å². The molecule has 0 fully saturated rings. The molecule has 0 heterocycles. The van der Waals surface area contributed by atoms with Gasteiger partial charge in [-0.3, -0.25) is 0 Å². The Balaban J connectivity index is 2.19. The van der Waals surface area contributed by atoms with Crippen molar-refractivity contribution in [3.8, 4) is 11.5 Å². The largest absolute Gasteiger partial charge is 0.490 e. The van der Waals surface area contributed by atoms with Gasteiger partial charge in [0.15, 0.2) is 11.5 Å². The van der Waals surface area contributed by atoms with Crippen molar-refractivity contribution in [2.24, 2.45) is 0 Å². The lowest BCUT2D eigenvalue weighted by atomic mass is 10.0. The number of rotatable bonds is 9. The summed E-state index contributed by atoms with van der Waals surface area (Å²) in [5, 5.41) is 0. The first-order valence-corrected chi connectivity index (χ1v) is 9.30. The van der Waals surface area contributed by atoms with Crippen LogP contribution in [0.5, 0.6) is 11.5 Å². The van der Waals surface area contributed by atoms with E-state index in [2.05, 4.69) is 31.2 Å². The summed E-state index contributed by atoms with van der Waals surface area (Å²) in [7, 11) is 0. The summed E-state index contributed by atoms with van der Waals surface area (Å²) in [6.45, 7) is 7.33. The zero-order valence-electron chi connectivity index (χ0n) is 15.2. The minimum Gasteiger partial charge on any atom is -0.490 e. The van der Waals surface area contributed by atoms with E-state index in [1.807, 2.05) is 44.2 Å². The van der Waals surface area contributed by atoms with Crippen molar-refractivity contribution in [3.63, 3.8) is 0 Å². The van der Waals surface area contributed by atoms with Crippen LogP contribution >= 0.6 is 12.2 Å². The number of ether oxygens (including phenoxy) is 2. The number of hydrogen-bond donors (Lipinski definition) is 0. The Morgan fingerprint density at radius 1 is 0.960 bits per heavy atom. The number of para-hydroxylation sites is 1. The van der Waals surface area contributed by atoms with Gasteiger partial charge in [0.05, 0.1) is 13.2 Å². The molecule has 0 bridgehead atoms. The van der Waals surface area contributed by atoms with Gasteiger partial charge in [-0.15, -0.1) is 0 Å². The summed E-state index contributed by atoms with van der Waals surface area (Å²) in [4.78, 5) is 0.812. The average Bonchev–Trinajstić information content (AvgIpc) is 2.63. The third-order valence-electron chi connectivity index (χ3n) is 3.79. The molecule has 2 rings (SSSR count). The Bertz CT molecular complexity index is 717. The lowest BCUT2D eigenvalue weighted by molar-refractivity contribution is 0.287. The molecular formula is C22H26O2S. The molecule has 25 heavy (non-hydrogen) atoms. The first kappa shape index (κ1) is 19.2. The maximum absolute atomic E-state index is 5.78. The lowest BCUT2D eigenvalue weighted by Crippen LogP contribution is -2.00. The van der Waals surface area contributed by atoms with Crippen LogP contribution in [0.1, 0.15) is 43.9 Å². The van der Waals surface area contributed by atoms with Gasteiger partial charge in [0.25, 0.3) is 0 Å². The van der Waals surface area contributed by atoms with Gasteiger partial charge in [-0.2, -0.15) is 0 Å². The zero-order valence-corrected chi connectivity index (χ0v) is 16.1. The fourth-order valence-electron chi connectivity index (χ4n) is 2.62. The third-order valence-corrected chi connectivity index (χ3v) is 4.16. The van der Waals surface area contributed by atoms with E-state index in [-0.39, 0.29) is 0 Å². The van der Waals surface area contributed by atoms with Gasteiger partial charge in [-0.1, -0.05) is 62.0 Å². The van der Waals surface area contributed by atoms with Crippen LogP contribution in [0.3, 0.4) is 0 Å². The maximum Gasteiger partial charge on any atom is 0.168 e. The molecule has 2 nitrogen and oxygen atoms in total. The molecular weight excluding hydrogens is 328 g/mol. The van der Waals surface area contributed by atoms with E-state index in [0.717, 1.165) is 40.3 Å². The molecule has 0 unspecified atom stereocenters. The quantitative estimate of drug-likeness (QED) is 0.319. The van der Waals surface area contributed by atoms with Gasteiger partial charge in [-0.25, -0.2) is 0 Å². The van der Waals surface area contributed by atoms with E-state index in [1.165, 1.54) is 5.56 Å². The molecule has 0 N–H and O–H groups in total. The second kappa shape index (κ2) is 10.00. The van der Waals surface area contributed by atoms with Crippen LogP contribution < -0.4 is 9.47 Å². The summed E-state index contributed by atoms with van der Waals surface area (Å²) in [5.41, 5.74) is 3.38. The third kappa shape index (κ3) is 5.43. The molecule has 0 aromatic heterocycles. The van der Waals surface area contributed by atoms with E-state index in [4.69, 9.17) is 21.7 Å². The number of aryl methyl sites for hydroxylation is 1. The molecule has 2 aromatic rings. The minimum absolute atomic E-state index is 0.592. The van der Waals surface area contributed by atoms with Gasteiger partial charge in [0.1, 0.15) is 0 Å². The van der Waals surface area contributed by atoms with Crippen molar-refractivity contribution in [1.82, 2.24) is 0 Å². The first-order valence-electron chi connectivity index (χ1n) is 8.89. The van der Waals surface area contributed by atoms with E-state index >= 15 is 0 Å². The predicted molar refractivity (Wildman–Crippen MR) is 110 cm³/mol. The maximum atomic E-state index is 5.78. The van der Waals surface area contributed by atoms with E-state index in [1.54, 1.807) is 0 Å². The van der Waals surface area contributed by atoms with E-state index in [0.29, 0.717) is 13.2 Å². The summed E-state index contributed by atoms with van der Waals surface area (Å²) in [6, 6.07) is 14.4. The molecule has 0 radical (unpaired) electrons. The Hall–Kier alpha value is -2.13. The minimum atomic E-state index is 0.592. The number of allylic oxidation sites excluding steroid dienone is 1. The number of hydrogen-bond acceptors (Lipinski definition) is 3. The molecule has 2 aromatic carbocycles. The monoisotopic (exact) mass is 354 g/mol. The van der Waals surface area contributed by atoms with Crippen LogP contribution in [0, 0.1) is 0 Å². The summed E-state index contributed by atoms with van der Waals surface area (Å²) < 4.78 is 11.4. The second-order valence-electron chi connectivity index (χ2n) is 5.69. The summed E-state index contributed by atoms with van der Waals surface area (Å²) in [6.07, 6.45) is 6.21. The highest BCUT2D eigenvalue weighted by Crippen LogP contribution is 2.32. The fourth-order valence-corrected chi connectivity index (χ4v) is 2.82. The van der Waals surface area contributed by atoms with Crippen LogP contribution in [-0.4, -0.2) is 18.1 Å². The van der Waals surface area contributed by atoms with E-state index in [9.17, 15) is 0 Å². The Morgan fingerprint density at radius 2 is 1.68 bits per heavy atom. The molecule has 132 valence electrons. The molecule has 0 aliphatic carbocycles. The van der Waals surface area contributed by atoms with Gasteiger partial charge < -0.3 is 9.47 Å². The first-order chi connectivity index (χ1) is 12.2. The fraction of sp³-hybridized carbons (Fsp3) is 0.318. The van der Waals surface area contributed by atoms with Crippen molar-refractivity contribution < 1.29 is 9.47 Å². The molecule has 0 saturated carbocycles. The van der Waals surface area contributed by atoms with Crippen molar-refractivity contribution >= 4 is 23.2 Å². The van der Waals surface area contributed by atoms with Crippen molar-refractivity contribution in [2.75, 3.05) is 13.2 Å². The summed E-state index contributed by atoms with van der Waals surface area (Å²) in [5.74, 6) is 1.53. The molecule has 0 amide bonds. The summed E-state index contributed by atoms with van der Waals surface area (Å²) >= 11 is 5.56. The van der Waals surface area contributed by atoms with Crippen molar-refractivity contribution in [1.29, 1.82) is 0 Å². The Labute approximate surface area is 156 Å². The normalized spacial score (nSPS) is 10.8. The van der Waals surface area contributed by atoms with Crippen molar-refractivity contribution in [2.45, 2.75) is 33.6 Å². The van der Waals surface area contributed by atoms with Crippen LogP contribution in [0.4, 0.5) is 0 Å². The SMILES string of the molecule is CCCc1ccc(C(=S)C=Cc2cccc(OCC)c2OCC)cc1. The Kier molecular flexibility index (Phi) is 7.68. The number of thiocarbonyl (C=S) groups is 1. The van der Waals surface area contributed by atoms with Crippen LogP contribution in [0.15, 0.2) is 48.5 Å². The second-order valence-corrected chi connectivity index (χ2v) is 6.12. The molecule has 0 saturated heterocycles. The average molecular weight is 355 g/mol. The van der Waals surface area contributed by atoms with Crippen LogP contribution in [-0.2, 0) is 6.42 Å². The van der Waals surface area contributed by atoms with Gasteiger partial charge >= 0.3 is 0 Å². The predicted octanol–water partition coefficient (Wildman–Crippen LogP) is 5.87. The standard InChI is InChI=1S/C22H26O2S/c1-4-8-17-11-13-18(14-12-17)21(25)16-15-19-9-7-10-20(23-5-2)22(19)24-6-3/h7,9-16H,4-6,8H2,1-3H3. The smallest absolute Gasteiger partial charge is 0.168 e. The lowest BCUT2D eigenvalue weighted by Gasteiger charge is -2.13. The highest BCUT2D eigenvalue weighted by atomic mass is 32.1. The van der Waals surface area contributed by atoms with Crippen LogP contribution in [0.25, 0.3) is 6.08 Å². The van der Waals surface area contributed by atoms with Gasteiger partial charge in [0, 0.05) is 10.4 Å².